The highest BCUT2D eigenvalue weighted by Gasteiger charge is 2.50. The van der Waals surface area contributed by atoms with E-state index in [0.29, 0.717) is 48.0 Å². The van der Waals surface area contributed by atoms with E-state index in [4.69, 9.17) is 11.6 Å². The summed E-state index contributed by atoms with van der Waals surface area (Å²) >= 11 is 6.06. The molecule has 192 valence electrons. The topological polar surface area (TPSA) is 71.8 Å². The first-order valence-corrected chi connectivity index (χ1v) is 12.4. The molecule has 36 heavy (non-hydrogen) atoms. The molecule has 5 rings (SSSR count). The average molecular weight is 522 g/mol. The van der Waals surface area contributed by atoms with Crippen LogP contribution >= 0.6 is 11.6 Å². The molecule has 1 saturated carbocycles. The van der Waals surface area contributed by atoms with Crippen LogP contribution in [0.15, 0.2) is 36.7 Å². The molecule has 1 spiro atoms. The minimum Gasteiger partial charge on any atom is -0.371 e. The molecular formula is C25H27ClF3N5O2. The van der Waals surface area contributed by atoms with Crippen molar-refractivity contribution in [2.24, 2.45) is 5.41 Å². The summed E-state index contributed by atoms with van der Waals surface area (Å²) in [5, 5.41) is 3.38. The number of aromatic nitrogens is 3. The fourth-order valence-corrected chi connectivity index (χ4v) is 5.51. The maximum absolute atomic E-state index is 13.0. The number of ether oxygens (including phenoxy) is 1. The molecule has 7 nitrogen and oxygen atoms in total. The van der Waals surface area contributed by atoms with E-state index in [0.717, 1.165) is 37.2 Å². The van der Waals surface area contributed by atoms with Gasteiger partial charge in [-0.15, -0.1) is 13.2 Å². The molecule has 1 aromatic carbocycles. The van der Waals surface area contributed by atoms with Gasteiger partial charge in [-0.05, 0) is 55.2 Å². The van der Waals surface area contributed by atoms with Crippen LogP contribution in [0.5, 0.6) is 0 Å². The number of nitrogens with one attached hydrogen (secondary N) is 1. The van der Waals surface area contributed by atoms with Crippen LogP contribution in [0.4, 0.5) is 18.9 Å². The number of carbonyl (C=O) groups excluding carboxylic acids is 1. The highest BCUT2D eigenvalue weighted by Crippen LogP contribution is 2.51. The minimum absolute atomic E-state index is 0.0223. The number of nitrogens with zero attached hydrogens (tertiary/aromatic N) is 4. The highest BCUT2D eigenvalue weighted by molar-refractivity contribution is 6.30. The summed E-state index contributed by atoms with van der Waals surface area (Å²) in [6.07, 6.45) is 1.15. The maximum Gasteiger partial charge on any atom is 0.522 e. The van der Waals surface area contributed by atoms with Crippen LogP contribution in [0.3, 0.4) is 0 Å². The number of hydrogen-bond acceptors (Lipinski definition) is 5. The monoisotopic (exact) mass is 521 g/mol. The Kier molecular flexibility index (Phi) is 6.59. The molecule has 1 saturated heterocycles. The van der Waals surface area contributed by atoms with Gasteiger partial charge in [0.2, 0.25) is 5.78 Å². The van der Waals surface area contributed by atoms with Gasteiger partial charge in [0.1, 0.15) is 5.69 Å². The van der Waals surface area contributed by atoms with Gasteiger partial charge >= 0.3 is 6.36 Å². The number of rotatable bonds is 6. The number of fused-ring (bicyclic) bond motifs is 1. The van der Waals surface area contributed by atoms with E-state index in [2.05, 4.69) is 24.9 Å². The van der Waals surface area contributed by atoms with Gasteiger partial charge < -0.3 is 10.2 Å². The molecule has 1 amide bonds. The molecule has 1 aliphatic heterocycles. The van der Waals surface area contributed by atoms with Crippen LogP contribution in [0.25, 0.3) is 5.78 Å². The minimum atomic E-state index is -4.55. The van der Waals surface area contributed by atoms with E-state index in [1.54, 1.807) is 10.6 Å². The summed E-state index contributed by atoms with van der Waals surface area (Å²) < 4.78 is 43.0. The second-order valence-corrected chi connectivity index (χ2v) is 10.1. The van der Waals surface area contributed by atoms with Crippen molar-refractivity contribution in [2.75, 3.05) is 18.0 Å². The third-order valence-corrected chi connectivity index (χ3v) is 7.47. The molecule has 1 N–H and O–H groups in total. The van der Waals surface area contributed by atoms with Crippen LogP contribution in [0.1, 0.15) is 54.4 Å². The number of benzene rings is 1. The van der Waals surface area contributed by atoms with Crippen LogP contribution in [-0.4, -0.2) is 45.8 Å². The third kappa shape index (κ3) is 5.15. The zero-order chi connectivity index (χ0) is 25.5. The Labute approximate surface area is 211 Å². The molecule has 2 aromatic heterocycles. The second kappa shape index (κ2) is 9.55. The van der Waals surface area contributed by atoms with Crippen molar-refractivity contribution in [2.45, 2.75) is 58.0 Å². The summed E-state index contributed by atoms with van der Waals surface area (Å²) in [7, 11) is 0. The Morgan fingerprint density at radius 3 is 2.56 bits per heavy atom. The predicted molar refractivity (Wildman–Crippen MR) is 129 cm³/mol. The van der Waals surface area contributed by atoms with E-state index in [1.807, 2.05) is 31.2 Å². The Bertz CT molecular complexity index is 1250. The van der Waals surface area contributed by atoms with Crippen molar-refractivity contribution >= 4 is 29.0 Å². The maximum atomic E-state index is 13.0. The Morgan fingerprint density at radius 1 is 1.22 bits per heavy atom. The number of aryl methyl sites for hydroxylation is 1. The lowest BCUT2D eigenvalue weighted by atomic mass is 9.61. The molecule has 3 heterocycles. The van der Waals surface area contributed by atoms with Crippen LogP contribution in [-0.2, 0) is 17.7 Å². The normalized spacial score (nSPS) is 18.0. The molecule has 0 unspecified atom stereocenters. The number of imidazole rings is 1. The lowest BCUT2D eigenvalue weighted by Gasteiger charge is -2.52. The SMILES string of the molecule is CCc1nc2ncc(Cl)cn2c1C(=O)NCc1ccc(N2CCC3(CC2)CC(OC(F)(F)F)C3)cc1. The van der Waals surface area contributed by atoms with Gasteiger partial charge in [0, 0.05) is 31.5 Å². The van der Waals surface area contributed by atoms with Gasteiger partial charge in [0.25, 0.3) is 5.91 Å². The number of amides is 1. The van der Waals surface area contributed by atoms with Crippen LogP contribution in [0, 0.1) is 5.41 Å². The van der Waals surface area contributed by atoms with E-state index < -0.39 is 12.5 Å². The van der Waals surface area contributed by atoms with E-state index in [9.17, 15) is 18.0 Å². The fourth-order valence-electron chi connectivity index (χ4n) is 5.36. The zero-order valence-electron chi connectivity index (χ0n) is 19.8. The quantitative estimate of drug-likeness (QED) is 0.485. The lowest BCUT2D eigenvalue weighted by Crippen LogP contribution is -2.51. The van der Waals surface area contributed by atoms with E-state index >= 15 is 0 Å². The zero-order valence-corrected chi connectivity index (χ0v) is 20.6. The molecule has 0 bridgehead atoms. The third-order valence-electron chi connectivity index (χ3n) is 7.27. The molecule has 3 aromatic rings. The van der Waals surface area contributed by atoms with Crippen molar-refractivity contribution in [1.82, 2.24) is 19.7 Å². The smallest absolute Gasteiger partial charge is 0.371 e. The van der Waals surface area contributed by atoms with Gasteiger partial charge in [-0.2, -0.15) is 0 Å². The van der Waals surface area contributed by atoms with Crippen molar-refractivity contribution in [3.63, 3.8) is 0 Å². The summed E-state index contributed by atoms with van der Waals surface area (Å²) in [6, 6.07) is 7.99. The number of alkyl halides is 3. The number of carbonyl (C=O) groups is 1. The Morgan fingerprint density at radius 2 is 1.92 bits per heavy atom. The first kappa shape index (κ1) is 24.8. The van der Waals surface area contributed by atoms with Gasteiger partial charge in [-0.1, -0.05) is 30.7 Å². The van der Waals surface area contributed by atoms with Crippen molar-refractivity contribution in [1.29, 1.82) is 0 Å². The average Bonchev–Trinajstić information content (AvgIpc) is 3.19. The van der Waals surface area contributed by atoms with E-state index in [-0.39, 0.29) is 11.3 Å². The van der Waals surface area contributed by atoms with Gasteiger partial charge in [-0.25, -0.2) is 9.97 Å². The molecule has 2 fully saturated rings. The largest absolute Gasteiger partial charge is 0.522 e. The highest BCUT2D eigenvalue weighted by atomic mass is 35.5. The standard InChI is InChI=1S/C25H27ClF3N5O2/c1-2-20-21(34-15-17(26)14-31-23(34)32-20)22(35)30-13-16-3-5-18(6-4-16)33-9-7-24(8-10-33)11-19(12-24)36-25(27,28)29/h3-6,14-15,19H,2,7-13H2,1H3,(H,30,35). The Balaban J connectivity index is 1.15. The van der Waals surface area contributed by atoms with Crippen molar-refractivity contribution in [3.05, 3.63) is 58.6 Å². The van der Waals surface area contributed by atoms with Crippen LogP contribution < -0.4 is 10.2 Å². The number of piperidine rings is 1. The Hall–Kier alpha value is -2.85. The molecule has 0 radical (unpaired) electrons. The number of halogens is 4. The molecule has 0 atom stereocenters. The number of hydrogen-bond donors (Lipinski definition) is 1. The summed E-state index contributed by atoms with van der Waals surface area (Å²) in [6.45, 7) is 3.90. The molecule has 1 aliphatic carbocycles. The molecule has 11 heteroatoms. The fraction of sp³-hybridized carbons (Fsp3) is 0.480. The lowest BCUT2D eigenvalue weighted by molar-refractivity contribution is -0.360. The summed E-state index contributed by atoms with van der Waals surface area (Å²) in [5.41, 5.74) is 3.09. The van der Waals surface area contributed by atoms with Crippen molar-refractivity contribution < 1.29 is 22.7 Å². The molecular weight excluding hydrogens is 495 g/mol. The van der Waals surface area contributed by atoms with Gasteiger partial charge in [0.05, 0.1) is 23.0 Å². The first-order valence-electron chi connectivity index (χ1n) is 12.0. The van der Waals surface area contributed by atoms with Gasteiger partial charge in [0.15, 0.2) is 0 Å². The second-order valence-electron chi connectivity index (χ2n) is 9.63. The van der Waals surface area contributed by atoms with Crippen molar-refractivity contribution in [3.8, 4) is 0 Å². The predicted octanol–water partition coefficient (Wildman–Crippen LogP) is 5.16. The van der Waals surface area contributed by atoms with Gasteiger partial charge in [-0.3, -0.25) is 13.9 Å². The summed E-state index contributed by atoms with van der Waals surface area (Å²) in [4.78, 5) is 23.8. The first-order chi connectivity index (χ1) is 17.1. The number of anilines is 1. The van der Waals surface area contributed by atoms with Crippen LogP contribution in [0.2, 0.25) is 5.02 Å². The van der Waals surface area contributed by atoms with E-state index in [1.165, 1.54) is 6.20 Å². The summed E-state index contributed by atoms with van der Waals surface area (Å²) in [5.74, 6) is 0.182. The molecule has 2 aliphatic rings.